The van der Waals surface area contributed by atoms with E-state index in [-0.39, 0.29) is 10.5 Å². The monoisotopic (exact) mass is 442 g/mol. The number of nitrogens with zero attached hydrogens (tertiary/aromatic N) is 1. The van der Waals surface area contributed by atoms with Crippen LogP contribution in [-0.4, -0.2) is 49.5 Å². The lowest BCUT2D eigenvalue weighted by molar-refractivity contribution is -0.263. The van der Waals surface area contributed by atoms with E-state index in [1.54, 1.807) is 0 Å². The molecule has 0 unspecified atom stereocenters. The Bertz CT molecular complexity index is 989. The third kappa shape index (κ3) is 4.35. The molecule has 0 spiro atoms. The van der Waals surface area contributed by atoms with E-state index in [1.165, 1.54) is 46.8 Å². The van der Waals surface area contributed by atoms with Crippen LogP contribution in [0.5, 0.6) is 0 Å². The largest absolute Gasteiger partial charge is 0.423 e. The van der Waals surface area contributed by atoms with Gasteiger partial charge in [0, 0.05) is 18.7 Å². The van der Waals surface area contributed by atoms with Gasteiger partial charge in [-0.3, -0.25) is 4.79 Å². The normalized spacial score (nSPS) is 17.5. The molecular formula is C20H21F3N2O4S. The van der Waals surface area contributed by atoms with Crippen molar-refractivity contribution in [1.82, 2.24) is 9.62 Å². The number of nitrogens with one attached hydrogen (secondary N) is 1. The molecule has 162 valence electrons. The molecule has 1 saturated heterocycles. The molecule has 0 saturated carbocycles. The Morgan fingerprint density at radius 1 is 1.00 bits per heavy atom. The van der Waals surface area contributed by atoms with E-state index < -0.39 is 39.8 Å². The summed E-state index contributed by atoms with van der Waals surface area (Å²) in [6, 6.07) is 11.4. The predicted octanol–water partition coefficient (Wildman–Crippen LogP) is 2.65. The molecule has 1 heterocycles. The second-order valence-electron chi connectivity index (χ2n) is 7.04. The van der Waals surface area contributed by atoms with Crippen LogP contribution in [0.1, 0.15) is 28.8 Å². The summed E-state index contributed by atoms with van der Waals surface area (Å²) in [6.45, 7) is -0.229. The Morgan fingerprint density at radius 2 is 1.57 bits per heavy atom. The maximum absolute atomic E-state index is 13.5. The minimum atomic E-state index is -5.02. The summed E-state index contributed by atoms with van der Waals surface area (Å²) in [5, 5.41) is 12.4. The average molecular weight is 442 g/mol. The maximum Gasteiger partial charge on any atom is 0.423 e. The van der Waals surface area contributed by atoms with Crippen molar-refractivity contribution in [3.05, 3.63) is 65.7 Å². The summed E-state index contributed by atoms with van der Waals surface area (Å²) < 4.78 is 66.9. The number of hydrogen-bond acceptors (Lipinski definition) is 4. The first-order chi connectivity index (χ1) is 14.1. The van der Waals surface area contributed by atoms with Crippen molar-refractivity contribution in [1.29, 1.82) is 0 Å². The molecule has 6 nitrogen and oxygen atoms in total. The minimum absolute atomic E-state index is 0.0111. The lowest BCUT2D eigenvalue weighted by atomic mass is 9.93. The van der Waals surface area contributed by atoms with E-state index >= 15 is 0 Å². The van der Waals surface area contributed by atoms with E-state index in [2.05, 4.69) is 5.32 Å². The van der Waals surface area contributed by atoms with Crippen molar-refractivity contribution in [3.8, 4) is 0 Å². The molecule has 2 aromatic rings. The van der Waals surface area contributed by atoms with Gasteiger partial charge in [-0.25, -0.2) is 8.42 Å². The SMILES string of the molecule is O=C(NC[C@](O)(c1ccccc1)C(F)(F)F)c1ccc(S(=O)(=O)N2CCCC2)cc1. The van der Waals surface area contributed by atoms with Gasteiger partial charge in [0.1, 0.15) is 0 Å². The lowest BCUT2D eigenvalue weighted by Gasteiger charge is -2.31. The van der Waals surface area contributed by atoms with Gasteiger partial charge < -0.3 is 10.4 Å². The van der Waals surface area contributed by atoms with Crippen molar-refractivity contribution >= 4 is 15.9 Å². The Kier molecular flexibility index (Phi) is 6.21. The molecule has 1 amide bonds. The van der Waals surface area contributed by atoms with Crippen LogP contribution in [0.4, 0.5) is 13.2 Å². The third-order valence-corrected chi connectivity index (χ3v) is 6.96. The summed E-state index contributed by atoms with van der Waals surface area (Å²) in [5.74, 6) is -0.862. The van der Waals surface area contributed by atoms with Crippen LogP contribution in [0.15, 0.2) is 59.5 Å². The summed E-state index contributed by atoms with van der Waals surface area (Å²) >= 11 is 0. The first-order valence-electron chi connectivity index (χ1n) is 9.29. The molecule has 30 heavy (non-hydrogen) atoms. The van der Waals surface area contributed by atoms with Gasteiger partial charge in [0.05, 0.1) is 11.4 Å². The number of amides is 1. The predicted molar refractivity (Wildman–Crippen MR) is 103 cm³/mol. The van der Waals surface area contributed by atoms with E-state index in [0.717, 1.165) is 25.0 Å². The highest BCUT2D eigenvalue weighted by atomic mass is 32.2. The van der Waals surface area contributed by atoms with Crippen molar-refractivity contribution in [2.45, 2.75) is 29.5 Å². The number of benzene rings is 2. The van der Waals surface area contributed by atoms with E-state index in [9.17, 15) is 31.5 Å². The zero-order valence-corrected chi connectivity index (χ0v) is 16.7. The van der Waals surface area contributed by atoms with E-state index in [1.807, 2.05) is 0 Å². The molecule has 0 aromatic heterocycles. The quantitative estimate of drug-likeness (QED) is 0.720. The number of hydrogen-bond donors (Lipinski definition) is 2. The maximum atomic E-state index is 13.5. The van der Waals surface area contributed by atoms with E-state index in [0.29, 0.717) is 13.1 Å². The molecule has 0 bridgehead atoms. The molecule has 1 aliphatic heterocycles. The van der Waals surface area contributed by atoms with Crippen LogP contribution < -0.4 is 5.32 Å². The van der Waals surface area contributed by atoms with Gasteiger partial charge in [-0.05, 0) is 42.7 Å². The van der Waals surface area contributed by atoms with Gasteiger partial charge in [-0.2, -0.15) is 17.5 Å². The highest BCUT2D eigenvalue weighted by molar-refractivity contribution is 7.89. The van der Waals surface area contributed by atoms with E-state index in [4.69, 9.17) is 0 Å². The van der Waals surface area contributed by atoms with Crippen LogP contribution in [0.2, 0.25) is 0 Å². The zero-order chi connectivity index (χ0) is 22.0. The van der Waals surface area contributed by atoms with Crippen molar-refractivity contribution in [2.75, 3.05) is 19.6 Å². The molecule has 3 rings (SSSR count). The van der Waals surface area contributed by atoms with Gasteiger partial charge in [0.15, 0.2) is 0 Å². The fraction of sp³-hybridized carbons (Fsp3) is 0.350. The molecule has 0 aliphatic carbocycles. The summed E-state index contributed by atoms with van der Waals surface area (Å²) in [7, 11) is -3.66. The fourth-order valence-corrected chi connectivity index (χ4v) is 4.76. The minimum Gasteiger partial charge on any atom is -0.375 e. The summed E-state index contributed by atoms with van der Waals surface area (Å²) in [6.07, 6.45) is -3.46. The number of alkyl halides is 3. The Balaban J connectivity index is 1.74. The topological polar surface area (TPSA) is 86.7 Å². The molecule has 10 heteroatoms. The smallest absolute Gasteiger partial charge is 0.375 e. The van der Waals surface area contributed by atoms with Gasteiger partial charge in [0.25, 0.3) is 5.91 Å². The molecule has 1 atom stereocenters. The fourth-order valence-electron chi connectivity index (χ4n) is 3.25. The Morgan fingerprint density at radius 3 is 2.10 bits per heavy atom. The lowest BCUT2D eigenvalue weighted by Crippen LogP contribution is -2.51. The van der Waals surface area contributed by atoms with Crippen molar-refractivity contribution in [3.63, 3.8) is 0 Å². The number of halogens is 3. The van der Waals surface area contributed by atoms with Crippen LogP contribution in [0.25, 0.3) is 0 Å². The highest BCUT2D eigenvalue weighted by Gasteiger charge is 2.55. The highest BCUT2D eigenvalue weighted by Crippen LogP contribution is 2.38. The molecule has 0 radical (unpaired) electrons. The van der Waals surface area contributed by atoms with Gasteiger partial charge in [-0.15, -0.1) is 0 Å². The first-order valence-corrected chi connectivity index (χ1v) is 10.7. The standard InChI is InChI=1S/C20H21F3N2O4S/c21-20(22,23)19(27,16-6-2-1-3-7-16)14-24-18(26)15-8-10-17(11-9-15)30(28,29)25-12-4-5-13-25/h1-3,6-11,27H,4-5,12-14H2,(H,24,26)/t19-/m0/s1. The zero-order valence-electron chi connectivity index (χ0n) is 15.9. The first kappa shape index (κ1) is 22.3. The molecule has 1 aliphatic rings. The molecular weight excluding hydrogens is 421 g/mol. The summed E-state index contributed by atoms with van der Waals surface area (Å²) in [4.78, 5) is 12.3. The van der Waals surface area contributed by atoms with Gasteiger partial charge >= 0.3 is 6.18 Å². The number of carbonyl (C=O) groups excluding carboxylic acids is 1. The molecule has 1 fully saturated rings. The number of carbonyl (C=O) groups is 1. The average Bonchev–Trinajstić information content (AvgIpc) is 3.27. The van der Waals surface area contributed by atoms with Crippen molar-refractivity contribution in [2.24, 2.45) is 0 Å². The third-order valence-electron chi connectivity index (χ3n) is 5.04. The van der Waals surface area contributed by atoms with Gasteiger partial charge in [-0.1, -0.05) is 30.3 Å². The van der Waals surface area contributed by atoms with Crippen LogP contribution >= 0.6 is 0 Å². The van der Waals surface area contributed by atoms with Gasteiger partial charge in [0.2, 0.25) is 15.6 Å². The molecule has 2 N–H and O–H groups in total. The van der Waals surface area contributed by atoms with Crippen LogP contribution in [-0.2, 0) is 15.6 Å². The van der Waals surface area contributed by atoms with Crippen LogP contribution in [0.3, 0.4) is 0 Å². The second-order valence-corrected chi connectivity index (χ2v) is 8.98. The van der Waals surface area contributed by atoms with Crippen molar-refractivity contribution < 1.29 is 31.5 Å². The summed E-state index contributed by atoms with van der Waals surface area (Å²) in [5.41, 5.74) is -3.68. The molecule has 2 aromatic carbocycles. The number of sulfonamides is 1. The number of rotatable bonds is 6. The number of aliphatic hydroxyl groups is 1. The Hall–Kier alpha value is -2.43. The second kappa shape index (κ2) is 8.37. The van der Waals surface area contributed by atoms with Crippen LogP contribution in [0, 0.1) is 0 Å². The Labute approximate surface area is 172 Å².